The van der Waals surface area contributed by atoms with Gasteiger partial charge in [0, 0.05) is 5.56 Å². The summed E-state index contributed by atoms with van der Waals surface area (Å²) in [6, 6.07) is 23.5. The molecule has 144 valence electrons. The van der Waals surface area contributed by atoms with Crippen LogP contribution in [0.1, 0.15) is 27.8 Å². The molecular formula is C25H21NO3. The molecule has 3 aromatic rings. The lowest BCUT2D eigenvalue weighted by Gasteiger charge is -2.07. The van der Waals surface area contributed by atoms with Crippen LogP contribution in [0.15, 0.2) is 83.5 Å². The van der Waals surface area contributed by atoms with Crippen molar-refractivity contribution in [3.05, 3.63) is 106 Å². The monoisotopic (exact) mass is 383 g/mol. The Balaban J connectivity index is 1.46. The van der Waals surface area contributed by atoms with Crippen LogP contribution in [0.5, 0.6) is 5.75 Å². The number of esters is 1. The van der Waals surface area contributed by atoms with Crippen molar-refractivity contribution >= 4 is 17.9 Å². The third kappa shape index (κ3) is 4.61. The first-order valence-electron chi connectivity index (χ1n) is 9.45. The molecule has 1 aliphatic heterocycles. The fraction of sp³-hybridized carbons (Fsp3) is 0.120. The summed E-state index contributed by atoms with van der Waals surface area (Å²) >= 11 is 0. The van der Waals surface area contributed by atoms with Crippen LogP contribution in [-0.2, 0) is 16.1 Å². The van der Waals surface area contributed by atoms with E-state index >= 15 is 0 Å². The van der Waals surface area contributed by atoms with E-state index in [-0.39, 0.29) is 5.70 Å². The molecule has 1 heterocycles. The standard InChI is InChI=1S/C25H21NO3/c1-17-5-3-7-20(13-17)16-28-22-11-9-19(10-12-22)15-23-25(27)29-24(26-23)21-8-4-6-18(2)14-21/h3-15H,16H2,1-2H3/b23-15-. The summed E-state index contributed by atoms with van der Waals surface area (Å²) in [5.41, 5.74) is 5.36. The minimum atomic E-state index is -0.443. The zero-order valence-electron chi connectivity index (χ0n) is 16.4. The molecule has 0 atom stereocenters. The predicted octanol–water partition coefficient (Wildman–Crippen LogP) is 5.23. The molecule has 29 heavy (non-hydrogen) atoms. The van der Waals surface area contributed by atoms with Crippen LogP contribution in [0.2, 0.25) is 0 Å². The van der Waals surface area contributed by atoms with Gasteiger partial charge >= 0.3 is 5.97 Å². The molecule has 4 heteroatoms. The molecule has 4 nitrogen and oxygen atoms in total. The quantitative estimate of drug-likeness (QED) is 0.448. The molecule has 0 bridgehead atoms. The topological polar surface area (TPSA) is 47.9 Å². The van der Waals surface area contributed by atoms with Crippen molar-refractivity contribution in [3.63, 3.8) is 0 Å². The number of nitrogens with zero attached hydrogens (tertiary/aromatic N) is 1. The van der Waals surface area contributed by atoms with Crippen molar-refractivity contribution in [1.29, 1.82) is 0 Å². The van der Waals surface area contributed by atoms with E-state index in [0.29, 0.717) is 12.5 Å². The molecule has 0 aliphatic carbocycles. The summed E-state index contributed by atoms with van der Waals surface area (Å²) in [5, 5.41) is 0. The number of hydrogen-bond acceptors (Lipinski definition) is 4. The first kappa shape index (κ1) is 18.7. The Kier molecular flexibility index (Phi) is 5.25. The highest BCUT2D eigenvalue weighted by Gasteiger charge is 2.24. The van der Waals surface area contributed by atoms with Crippen LogP contribution < -0.4 is 4.74 Å². The highest BCUT2D eigenvalue weighted by atomic mass is 16.6. The Morgan fingerprint density at radius 2 is 1.66 bits per heavy atom. The van der Waals surface area contributed by atoms with Gasteiger partial charge < -0.3 is 9.47 Å². The highest BCUT2D eigenvalue weighted by molar-refractivity contribution is 6.12. The van der Waals surface area contributed by atoms with Gasteiger partial charge in [-0.1, -0.05) is 59.7 Å². The van der Waals surface area contributed by atoms with Crippen molar-refractivity contribution < 1.29 is 14.3 Å². The molecule has 0 saturated carbocycles. The van der Waals surface area contributed by atoms with E-state index < -0.39 is 5.97 Å². The molecule has 0 radical (unpaired) electrons. The predicted molar refractivity (Wildman–Crippen MR) is 114 cm³/mol. The summed E-state index contributed by atoms with van der Waals surface area (Å²) in [7, 11) is 0. The maximum Gasteiger partial charge on any atom is 0.363 e. The lowest BCUT2D eigenvalue weighted by atomic mass is 10.1. The Morgan fingerprint density at radius 3 is 2.38 bits per heavy atom. The van der Waals surface area contributed by atoms with Crippen molar-refractivity contribution in [3.8, 4) is 5.75 Å². The van der Waals surface area contributed by atoms with Gasteiger partial charge in [0.1, 0.15) is 12.4 Å². The minimum absolute atomic E-state index is 0.287. The van der Waals surface area contributed by atoms with E-state index in [9.17, 15) is 4.79 Å². The van der Waals surface area contributed by atoms with Crippen LogP contribution in [0, 0.1) is 13.8 Å². The fourth-order valence-corrected chi connectivity index (χ4v) is 3.10. The van der Waals surface area contributed by atoms with Crippen LogP contribution in [0.3, 0.4) is 0 Å². The Labute approximate surface area is 170 Å². The number of carbonyl (C=O) groups is 1. The van der Waals surface area contributed by atoms with Crippen LogP contribution in [0.4, 0.5) is 0 Å². The lowest BCUT2D eigenvalue weighted by molar-refractivity contribution is -0.129. The maximum atomic E-state index is 12.2. The average Bonchev–Trinajstić information content (AvgIpc) is 3.08. The molecule has 0 amide bonds. The number of rotatable bonds is 5. The lowest BCUT2D eigenvalue weighted by Crippen LogP contribution is -2.05. The molecule has 1 aliphatic rings. The number of aryl methyl sites for hydroxylation is 2. The van der Waals surface area contributed by atoms with Gasteiger partial charge in [-0.25, -0.2) is 9.79 Å². The zero-order chi connectivity index (χ0) is 20.2. The van der Waals surface area contributed by atoms with Gasteiger partial charge in [-0.3, -0.25) is 0 Å². The summed E-state index contributed by atoms with van der Waals surface area (Å²) in [5.74, 6) is 0.663. The number of aliphatic imine (C=N–C) groups is 1. The van der Waals surface area contributed by atoms with Crippen LogP contribution in [0.25, 0.3) is 6.08 Å². The minimum Gasteiger partial charge on any atom is -0.489 e. The molecular weight excluding hydrogens is 362 g/mol. The summed E-state index contributed by atoms with van der Waals surface area (Å²) in [6.45, 7) is 4.56. The Hall–Kier alpha value is -3.66. The van der Waals surface area contributed by atoms with Gasteiger partial charge in [-0.2, -0.15) is 0 Å². The second-order valence-electron chi connectivity index (χ2n) is 7.05. The smallest absolute Gasteiger partial charge is 0.363 e. The van der Waals surface area contributed by atoms with Gasteiger partial charge in [0.05, 0.1) is 0 Å². The highest BCUT2D eigenvalue weighted by Crippen LogP contribution is 2.21. The molecule has 3 aromatic carbocycles. The van der Waals surface area contributed by atoms with E-state index in [4.69, 9.17) is 9.47 Å². The Morgan fingerprint density at radius 1 is 0.931 bits per heavy atom. The zero-order valence-corrected chi connectivity index (χ0v) is 16.4. The second kappa shape index (κ2) is 8.15. The van der Waals surface area contributed by atoms with Gasteiger partial charge in [-0.15, -0.1) is 0 Å². The van der Waals surface area contributed by atoms with Gasteiger partial charge in [0.2, 0.25) is 5.90 Å². The molecule has 4 rings (SSSR count). The fourth-order valence-electron chi connectivity index (χ4n) is 3.10. The number of hydrogen-bond donors (Lipinski definition) is 0. The summed E-state index contributed by atoms with van der Waals surface area (Å²) in [6.07, 6.45) is 1.72. The van der Waals surface area contributed by atoms with Gasteiger partial charge in [0.15, 0.2) is 5.70 Å². The normalized spacial score (nSPS) is 14.6. The van der Waals surface area contributed by atoms with Crippen LogP contribution in [-0.4, -0.2) is 11.9 Å². The van der Waals surface area contributed by atoms with Crippen molar-refractivity contribution in [2.45, 2.75) is 20.5 Å². The first-order valence-corrected chi connectivity index (χ1v) is 9.45. The molecule has 0 spiro atoms. The molecule has 0 saturated heterocycles. The average molecular weight is 383 g/mol. The van der Waals surface area contributed by atoms with Crippen molar-refractivity contribution in [1.82, 2.24) is 0 Å². The van der Waals surface area contributed by atoms with Crippen molar-refractivity contribution in [2.24, 2.45) is 4.99 Å². The molecule has 0 fully saturated rings. The third-order valence-electron chi connectivity index (χ3n) is 4.56. The number of ether oxygens (including phenoxy) is 2. The molecule has 0 aromatic heterocycles. The molecule has 0 N–H and O–H groups in total. The maximum absolute atomic E-state index is 12.2. The molecule has 0 unspecified atom stereocenters. The SMILES string of the molecule is Cc1cccc(COc2ccc(/C=C3\N=C(c4cccc(C)c4)OC3=O)cc2)c1. The van der Waals surface area contributed by atoms with E-state index in [1.807, 2.05) is 67.6 Å². The Bertz CT molecular complexity index is 1110. The first-order chi connectivity index (χ1) is 14.1. The van der Waals surface area contributed by atoms with Gasteiger partial charge in [0.25, 0.3) is 0 Å². The van der Waals surface area contributed by atoms with Crippen LogP contribution >= 0.6 is 0 Å². The second-order valence-corrected chi connectivity index (χ2v) is 7.05. The van der Waals surface area contributed by atoms with Crippen molar-refractivity contribution in [2.75, 3.05) is 0 Å². The van der Waals surface area contributed by atoms with E-state index in [2.05, 4.69) is 24.0 Å². The van der Waals surface area contributed by atoms with E-state index in [1.54, 1.807) is 6.08 Å². The summed E-state index contributed by atoms with van der Waals surface area (Å²) < 4.78 is 11.2. The largest absolute Gasteiger partial charge is 0.489 e. The third-order valence-corrected chi connectivity index (χ3v) is 4.56. The van der Waals surface area contributed by atoms with E-state index in [1.165, 1.54) is 5.56 Å². The number of benzene rings is 3. The summed E-state index contributed by atoms with van der Waals surface area (Å²) in [4.78, 5) is 16.5. The van der Waals surface area contributed by atoms with E-state index in [0.717, 1.165) is 28.0 Å². The van der Waals surface area contributed by atoms with Gasteiger partial charge in [-0.05, 0) is 55.3 Å². The number of cyclic esters (lactones) is 1. The number of carbonyl (C=O) groups excluding carboxylic acids is 1.